The molecule has 6 nitrogen and oxygen atoms in total. The van der Waals surface area contributed by atoms with Crippen molar-refractivity contribution < 1.29 is 4.79 Å². The first-order valence-corrected chi connectivity index (χ1v) is 10.7. The second-order valence-electron chi connectivity index (χ2n) is 8.77. The quantitative estimate of drug-likeness (QED) is 0.643. The van der Waals surface area contributed by atoms with Gasteiger partial charge in [-0.15, -0.1) is 0 Å². The Labute approximate surface area is 183 Å². The normalized spacial score (nSPS) is 16.4. The van der Waals surface area contributed by atoms with Crippen molar-refractivity contribution >= 4 is 17.5 Å². The molecule has 3 aromatic rings. The molecule has 0 aliphatic carbocycles. The molecule has 0 bridgehead atoms. The second kappa shape index (κ2) is 8.46. The van der Waals surface area contributed by atoms with Gasteiger partial charge in [-0.05, 0) is 57.7 Å². The first-order chi connectivity index (χ1) is 14.9. The third-order valence-corrected chi connectivity index (χ3v) is 6.07. The molecular weight excluding hydrogens is 386 g/mol. The average Bonchev–Trinajstić information content (AvgIpc) is 3.25. The van der Waals surface area contributed by atoms with Crippen molar-refractivity contribution in [2.24, 2.45) is 0 Å². The van der Waals surface area contributed by atoms with Gasteiger partial charge in [-0.1, -0.05) is 35.9 Å². The number of likely N-dealkylation sites (tertiary alicyclic amines) is 1. The molecule has 2 aromatic heterocycles. The van der Waals surface area contributed by atoms with Crippen LogP contribution in [0.1, 0.15) is 55.1 Å². The van der Waals surface area contributed by atoms with E-state index in [4.69, 9.17) is 4.98 Å². The zero-order chi connectivity index (χ0) is 22.0. The summed E-state index contributed by atoms with van der Waals surface area (Å²) >= 11 is 0. The van der Waals surface area contributed by atoms with Gasteiger partial charge in [-0.2, -0.15) is 0 Å². The van der Waals surface area contributed by atoms with Crippen molar-refractivity contribution in [3.05, 3.63) is 77.4 Å². The number of anilines is 2. The van der Waals surface area contributed by atoms with Crippen LogP contribution in [0.2, 0.25) is 0 Å². The Hall–Kier alpha value is -3.28. The zero-order valence-electron chi connectivity index (χ0n) is 18.6. The van der Waals surface area contributed by atoms with E-state index in [0.29, 0.717) is 5.82 Å². The minimum atomic E-state index is -0.606. The smallest absolute Gasteiger partial charge is 0.233 e. The minimum Gasteiger partial charge on any atom is -0.333 e. The lowest BCUT2D eigenvalue weighted by Crippen LogP contribution is -2.43. The standard InChI is InChI=1S/C25H29N5O/c1-17-9-11-19(12-10-17)25(3,4)24(31)30-14-6-8-21(30)20-15-26-16-22(28-20)29-23-18(2)7-5-13-27-23/h5,7,9-13,15-16,21H,6,8,14H2,1-4H3,(H,27,28,29). The third kappa shape index (κ3) is 4.29. The zero-order valence-corrected chi connectivity index (χ0v) is 18.6. The molecule has 1 aliphatic rings. The molecule has 1 aliphatic heterocycles. The van der Waals surface area contributed by atoms with Crippen LogP contribution in [0.4, 0.5) is 11.6 Å². The molecule has 160 valence electrons. The fourth-order valence-electron chi connectivity index (χ4n) is 4.11. The maximum absolute atomic E-state index is 13.6. The van der Waals surface area contributed by atoms with E-state index in [2.05, 4.69) is 46.5 Å². The van der Waals surface area contributed by atoms with E-state index in [1.54, 1.807) is 18.6 Å². The molecule has 1 saturated heterocycles. The molecule has 4 rings (SSSR count). The lowest BCUT2D eigenvalue weighted by Gasteiger charge is -2.33. The first kappa shape index (κ1) is 21.0. The summed E-state index contributed by atoms with van der Waals surface area (Å²) in [4.78, 5) is 29.1. The van der Waals surface area contributed by atoms with Gasteiger partial charge in [0, 0.05) is 12.7 Å². The van der Waals surface area contributed by atoms with E-state index in [1.807, 2.05) is 37.8 Å². The van der Waals surface area contributed by atoms with Crippen molar-refractivity contribution in [2.75, 3.05) is 11.9 Å². The van der Waals surface area contributed by atoms with Gasteiger partial charge < -0.3 is 10.2 Å². The van der Waals surface area contributed by atoms with Crippen LogP contribution in [0.15, 0.2) is 55.0 Å². The number of carbonyl (C=O) groups excluding carboxylic acids is 1. The third-order valence-electron chi connectivity index (χ3n) is 6.07. The Kier molecular flexibility index (Phi) is 5.72. The Bertz CT molecular complexity index is 1080. The van der Waals surface area contributed by atoms with Crippen LogP contribution in [0.5, 0.6) is 0 Å². The number of pyridine rings is 1. The number of aromatic nitrogens is 3. The van der Waals surface area contributed by atoms with Crippen LogP contribution in [0.3, 0.4) is 0 Å². The Morgan fingerprint density at radius 2 is 1.90 bits per heavy atom. The van der Waals surface area contributed by atoms with Crippen LogP contribution >= 0.6 is 0 Å². The molecular formula is C25H29N5O. The predicted octanol–water partition coefficient (Wildman–Crippen LogP) is 4.87. The summed E-state index contributed by atoms with van der Waals surface area (Å²) in [5, 5.41) is 3.25. The molecule has 1 aromatic carbocycles. The average molecular weight is 416 g/mol. The summed E-state index contributed by atoms with van der Waals surface area (Å²) < 4.78 is 0. The van der Waals surface area contributed by atoms with Gasteiger partial charge in [0.2, 0.25) is 5.91 Å². The second-order valence-corrected chi connectivity index (χ2v) is 8.77. The molecule has 1 atom stereocenters. The predicted molar refractivity (Wildman–Crippen MR) is 122 cm³/mol. The number of nitrogens with one attached hydrogen (secondary N) is 1. The highest BCUT2D eigenvalue weighted by Crippen LogP contribution is 2.36. The van der Waals surface area contributed by atoms with E-state index in [1.165, 1.54) is 5.56 Å². The minimum absolute atomic E-state index is 0.0729. The Balaban J connectivity index is 1.57. The van der Waals surface area contributed by atoms with Crippen molar-refractivity contribution in [3.8, 4) is 0 Å². The first-order valence-electron chi connectivity index (χ1n) is 10.7. The van der Waals surface area contributed by atoms with Crippen molar-refractivity contribution in [1.82, 2.24) is 19.9 Å². The lowest BCUT2D eigenvalue weighted by atomic mass is 9.82. The molecule has 1 unspecified atom stereocenters. The van der Waals surface area contributed by atoms with Gasteiger partial charge in [0.15, 0.2) is 0 Å². The number of rotatable bonds is 5. The summed E-state index contributed by atoms with van der Waals surface area (Å²) in [6.45, 7) is 8.79. The number of carbonyl (C=O) groups is 1. The van der Waals surface area contributed by atoms with E-state index < -0.39 is 5.41 Å². The topological polar surface area (TPSA) is 71.0 Å². The molecule has 1 fully saturated rings. The van der Waals surface area contributed by atoms with Gasteiger partial charge in [-0.25, -0.2) is 9.97 Å². The largest absolute Gasteiger partial charge is 0.333 e. The van der Waals surface area contributed by atoms with E-state index in [9.17, 15) is 4.79 Å². The molecule has 1 amide bonds. The highest BCUT2D eigenvalue weighted by molar-refractivity contribution is 5.88. The van der Waals surface area contributed by atoms with Crippen molar-refractivity contribution in [1.29, 1.82) is 0 Å². The van der Waals surface area contributed by atoms with Crippen LogP contribution in [0, 0.1) is 13.8 Å². The van der Waals surface area contributed by atoms with Crippen molar-refractivity contribution in [3.63, 3.8) is 0 Å². The van der Waals surface area contributed by atoms with Crippen LogP contribution < -0.4 is 5.32 Å². The number of amides is 1. The van der Waals surface area contributed by atoms with Crippen LogP contribution in [-0.4, -0.2) is 32.3 Å². The highest BCUT2D eigenvalue weighted by Gasteiger charge is 2.40. The van der Waals surface area contributed by atoms with E-state index >= 15 is 0 Å². The van der Waals surface area contributed by atoms with Crippen LogP contribution in [0.25, 0.3) is 0 Å². The van der Waals surface area contributed by atoms with Gasteiger partial charge in [0.25, 0.3) is 0 Å². The highest BCUT2D eigenvalue weighted by atomic mass is 16.2. The maximum Gasteiger partial charge on any atom is 0.233 e. The van der Waals surface area contributed by atoms with Gasteiger partial charge >= 0.3 is 0 Å². The summed E-state index contributed by atoms with van der Waals surface area (Å²) in [5.41, 5.74) is 3.45. The summed E-state index contributed by atoms with van der Waals surface area (Å²) in [6.07, 6.45) is 7.05. The lowest BCUT2D eigenvalue weighted by molar-refractivity contribution is -0.137. The Morgan fingerprint density at radius 3 is 2.65 bits per heavy atom. The summed E-state index contributed by atoms with van der Waals surface area (Å²) in [5.74, 6) is 1.52. The molecule has 6 heteroatoms. The molecule has 0 saturated carbocycles. The monoisotopic (exact) mass is 415 g/mol. The van der Waals surface area contributed by atoms with Gasteiger partial charge in [0.05, 0.1) is 29.5 Å². The molecule has 0 spiro atoms. The number of benzene rings is 1. The number of hydrogen-bond acceptors (Lipinski definition) is 5. The van der Waals surface area contributed by atoms with E-state index in [-0.39, 0.29) is 11.9 Å². The maximum atomic E-state index is 13.6. The summed E-state index contributed by atoms with van der Waals surface area (Å²) in [7, 11) is 0. The Morgan fingerprint density at radius 1 is 1.13 bits per heavy atom. The van der Waals surface area contributed by atoms with Gasteiger partial charge in [-0.3, -0.25) is 9.78 Å². The van der Waals surface area contributed by atoms with Gasteiger partial charge in [0.1, 0.15) is 11.6 Å². The fraction of sp³-hybridized carbons (Fsp3) is 0.360. The summed E-state index contributed by atoms with van der Waals surface area (Å²) in [6, 6.07) is 12.1. The molecule has 3 heterocycles. The van der Waals surface area contributed by atoms with Crippen LogP contribution in [-0.2, 0) is 10.2 Å². The fourth-order valence-corrected chi connectivity index (χ4v) is 4.11. The number of aryl methyl sites for hydroxylation is 2. The molecule has 1 N–H and O–H groups in total. The number of hydrogen-bond donors (Lipinski definition) is 1. The molecule has 0 radical (unpaired) electrons. The van der Waals surface area contributed by atoms with E-state index in [0.717, 1.165) is 42.0 Å². The number of nitrogens with zero attached hydrogens (tertiary/aromatic N) is 4. The van der Waals surface area contributed by atoms with Crippen molar-refractivity contribution in [2.45, 2.75) is 52.0 Å². The SMILES string of the molecule is Cc1ccc(C(C)(C)C(=O)N2CCCC2c2cncc(Nc3ncccc3C)n2)cc1. The molecule has 31 heavy (non-hydrogen) atoms.